The van der Waals surface area contributed by atoms with E-state index in [0.29, 0.717) is 49.5 Å². The SMILES string of the molecule is CCOC(=O)C1=C(CN2CCC(C(N)=O)CC2)NC(=O)NC1c1ccc(OC(C)C)cc1. The molecule has 3 rings (SSSR count). The number of hydrogen-bond donors (Lipinski definition) is 3. The number of ether oxygens (including phenoxy) is 2. The predicted octanol–water partition coefficient (Wildman–Crippen LogP) is 1.84. The van der Waals surface area contributed by atoms with Gasteiger partial charge in [-0.05, 0) is 64.4 Å². The van der Waals surface area contributed by atoms with Gasteiger partial charge in [0.15, 0.2) is 0 Å². The number of urea groups is 1. The molecule has 2 aliphatic heterocycles. The Hall–Kier alpha value is -3.07. The Morgan fingerprint density at radius 1 is 1.19 bits per heavy atom. The average molecular weight is 445 g/mol. The average Bonchev–Trinajstić information content (AvgIpc) is 2.74. The van der Waals surface area contributed by atoms with Crippen molar-refractivity contribution in [2.45, 2.75) is 45.8 Å². The Kier molecular flexibility index (Phi) is 7.74. The molecule has 2 heterocycles. The number of nitrogens with zero attached hydrogens (tertiary/aromatic N) is 1. The summed E-state index contributed by atoms with van der Waals surface area (Å²) < 4.78 is 11.0. The van der Waals surface area contributed by atoms with Gasteiger partial charge in [-0.15, -0.1) is 0 Å². The first-order valence-corrected chi connectivity index (χ1v) is 11.0. The number of nitrogens with two attached hydrogens (primary N) is 1. The van der Waals surface area contributed by atoms with Crippen molar-refractivity contribution in [3.05, 3.63) is 41.1 Å². The number of rotatable bonds is 8. The summed E-state index contributed by atoms with van der Waals surface area (Å²) in [5.74, 6) is -0.180. The molecule has 1 saturated heterocycles. The molecule has 32 heavy (non-hydrogen) atoms. The van der Waals surface area contributed by atoms with Gasteiger partial charge in [-0.25, -0.2) is 9.59 Å². The molecule has 0 aromatic heterocycles. The molecule has 9 heteroatoms. The van der Waals surface area contributed by atoms with Crippen LogP contribution in [0.1, 0.15) is 45.2 Å². The highest BCUT2D eigenvalue weighted by Gasteiger charge is 2.35. The van der Waals surface area contributed by atoms with E-state index < -0.39 is 12.0 Å². The van der Waals surface area contributed by atoms with Gasteiger partial charge in [0.1, 0.15) is 5.75 Å². The molecule has 0 bridgehead atoms. The van der Waals surface area contributed by atoms with Gasteiger partial charge in [0.25, 0.3) is 0 Å². The summed E-state index contributed by atoms with van der Waals surface area (Å²) in [6.07, 6.45) is 1.36. The zero-order valence-electron chi connectivity index (χ0n) is 18.8. The zero-order chi connectivity index (χ0) is 23.3. The van der Waals surface area contributed by atoms with Crippen LogP contribution in [0.5, 0.6) is 5.75 Å². The standard InChI is InChI=1S/C23H32N4O5/c1-4-31-22(29)19-18(13-27-11-9-16(10-12-27)21(24)28)25-23(30)26-20(19)15-5-7-17(8-6-15)32-14(2)3/h5-8,14,16,20H,4,9-13H2,1-3H3,(H2,24,28)(H2,25,26,30). The predicted molar refractivity (Wildman–Crippen MR) is 119 cm³/mol. The molecular formula is C23H32N4O5. The number of esters is 1. The normalized spacial score (nSPS) is 20.0. The van der Waals surface area contributed by atoms with Gasteiger partial charge in [0.2, 0.25) is 5.91 Å². The van der Waals surface area contributed by atoms with Crippen LogP contribution in [0.25, 0.3) is 0 Å². The smallest absolute Gasteiger partial charge is 0.338 e. The monoisotopic (exact) mass is 444 g/mol. The first kappa shape index (κ1) is 23.6. The minimum Gasteiger partial charge on any atom is -0.491 e. The second-order valence-electron chi connectivity index (χ2n) is 8.33. The van der Waals surface area contributed by atoms with Crippen LogP contribution in [0.4, 0.5) is 4.79 Å². The Bertz CT molecular complexity index is 873. The van der Waals surface area contributed by atoms with Gasteiger partial charge < -0.3 is 25.8 Å². The van der Waals surface area contributed by atoms with Crippen LogP contribution >= 0.6 is 0 Å². The van der Waals surface area contributed by atoms with E-state index in [9.17, 15) is 14.4 Å². The molecule has 0 spiro atoms. The van der Waals surface area contributed by atoms with E-state index in [2.05, 4.69) is 15.5 Å². The summed E-state index contributed by atoms with van der Waals surface area (Å²) in [6, 6.07) is 6.29. The van der Waals surface area contributed by atoms with E-state index in [1.165, 1.54) is 0 Å². The molecule has 0 radical (unpaired) electrons. The third-order valence-electron chi connectivity index (χ3n) is 5.61. The molecule has 1 unspecified atom stereocenters. The van der Waals surface area contributed by atoms with E-state index in [-0.39, 0.29) is 30.6 Å². The first-order chi connectivity index (χ1) is 15.3. The number of nitrogens with one attached hydrogen (secondary N) is 2. The molecule has 2 aliphatic rings. The third-order valence-corrected chi connectivity index (χ3v) is 5.61. The molecule has 1 aromatic carbocycles. The summed E-state index contributed by atoms with van der Waals surface area (Å²) >= 11 is 0. The maximum Gasteiger partial charge on any atom is 0.338 e. The van der Waals surface area contributed by atoms with Crippen molar-refractivity contribution in [2.24, 2.45) is 11.7 Å². The molecule has 1 aromatic rings. The summed E-state index contributed by atoms with van der Waals surface area (Å²) in [5, 5.41) is 5.64. The number of benzene rings is 1. The molecule has 1 fully saturated rings. The molecule has 0 saturated carbocycles. The number of piperidine rings is 1. The fourth-order valence-corrected chi connectivity index (χ4v) is 4.05. The van der Waals surface area contributed by atoms with Crippen LogP contribution < -0.4 is 21.1 Å². The van der Waals surface area contributed by atoms with Crippen LogP contribution in [0, 0.1) is 5.92 Å². The van der Waals surface area contributed by atoms with E-state index in [1.807, 2.05) is 38.1 Å². The fraction of sp³-hybridized carbons (Fsp3) is 0.522. The molecule has 174 valence electrons. The van der Waals surface area contributed by atoms with Gasteiger partial charge in [0.05, 0.1) is 24.3 Å². The lowest BCUT2D eigenvalue weighted by atomic mass is 9.93. The van der Waals surface area contributed by atoms with Crippen molar-refractivity contribution >= 4 is 17.9 Å². The van der Waals surface area contributed by atoms with Crippen LogP contribution in [-0.4, -0.2) is 55.2 Å². The summed E-state index contributed by atoms with van der Waals surface area (Å²) in [6.45, 7) is 7.54. The highest BCUT2D eigenvalue weighted by molar-refractivity contribution is 5.95. The lowest BCUT2D eigenvalue weighted by molar-refractivity contribution is -0.139. The maximum absolute atomic E-state index is 12.9. The number of carbonyl (C=O) groups is 3. The number of carbonyl (C=O) groups excluding carboxylic acids is 3. The van der Waals surface area contributed by atoms with Crippen molar-refractivity contribution in [1.82, 2.24) is 15.5 Å². The van der Waals surface area contributed by atoms with Gasteiger partial charge in [-0.1, -0.05) is 12.1 Å². The van der Waals surface area contributed by atoms with Crippen molar-refractivity contribution in [2.75, 3.05) is 26.2 Å². The van der Waals surface area contributed by atoms with Gasteiger partial charge >= 0.3 is 12.0 Å². The fourth-order valence-electron chi connectivity index (χ4n) is 4.05. The lowest BCUT2D eigenvalue weighted by Crippen LogP contribution is -2.49. The minimum absolute atomic E-state index is 0.0414. The highest BCUT2D eigenvalue weighted by atomic mass is 16.5. The van der Waals surface area contributed by atoms with Crippen molar-refractivity contribution in [3.8, 4) is 5.75 Å². The van der Waals surface area contributed by atoms with Crippen LogP contribution in [0.2, 0.25) is 0 Å². The molecule has 3 amide bonds. The largest absolute Gasteiger partial charge is 0.491 e. The van der Waals surface area contributed by atoms with Gasteiger partial charge in [0, 0.05) is 18.2 Å². The minimum atomic E-state index is -0.644. The Morgan fingerprint density at radius 3 is 2.41 bits per heavy atom. The number of amides is 3. The molecule has 1 atom stereocenters. The van der Waals surface area contributed by atoms with Gasteiger partial charge in [-0.3, -0.25) is 9.69 Å². The van der Waals surface area contributed by atoms with E-state index in [4.69, 9.17) is 15.2 Å². The van der Waals surface area contributed by atoms with Crippen molar-refractivity contribution < 1.29 is 23.9 Å². The van der Waals surface area contributed by atoms with Crippen molar-refractivity contribution in [1.29, 1.82) is 0 Å². The Morgan fingerprint density at radius 2 is 1.84 bits per heavy atom. The zero-order valence-corrected chi connectivity index (χ0v) is 18.8. The molecule has 9 nitrogen and oxygen atoms in total. The second kappa shape index (κ2) is 10.5. The topological polar surface area (TPSA) is 123 Å². The van der Waals surface area contributed by atoms with E-state index >= 15 is 0 Å². The summed E-state index contributed by atoms with van der Waals surface area (Å²) in [7, 11) is 0. The van der Waals surface area contributed by atoms with Crippen molar-refractivity contribution in [3.63, 3.8) is 0 Å². The number of primary amides is 1. The number of hydrogen-bond acceptors (Lipinski definition) is 6. The lowest BCUT2D eigenvalue weighted by Gasteiger charge is -2.34. The molecule has 0 aliphatic carbocycles. The van der Waals surface area contributed by atoms with E-state index in [0.717, 1.165) is 5.56 Å². The summed E-state index contributed by atoms with van der Waals surface area (Å²) in [4.78, 5) is 38.9. The van der Waals surface area contributed by atoms with Crippen LogP contribution in [-0.2, 0) is 14.3 Å². The number of likely N-dealkylation sites (tertiary alicyclic amines) is 1. The Labute approximate surface area is 188 Å². The van der Waals surface area contributed by atoms with Crippen LogP contribution in [0.15, 0.2) is 35.5 Å². The van der Waals surface area contributed by atoms with E-state index in [1.54, 1.807) is 6.92 Å². The molecule has 4 N–H and O–H groups in total. The summed E-state index contributed by atoms with van der Waals surface area (Å²) in [5.41, 5.74) is 7.07. The Balaban J connectivity index is 1.87. The second-order valence-corrected chi connectivity index (χ2v) is 8.33. The highest BCUT2D eigenvalue weighted by Crippen LogP contribution is 2.30. The van der Waals surface area contributed by atoms with Crippen LogP contribution in [0.3, 0.4) is 0 Å². The maximum atomic E-state index is 12.9. The first-order valence-electron chi connectivity index (χ1n) is 11.0. The third kappa shape index (κ3) is 5.79. The van der Waals surface area contributed by atoms with Gasteiger partial charge in [-0.2, -0.15) is 0 Å². The molecular weight excluding hydrogens is 412 g/mol. The quantitative estimate of drug-likeness (QED) is 0.526.